The molecule has 2 aliphatic rings. The van der Waals surface area contributed by atoms with Crippen LogP contribution in [0.5, 0.6) is 0 Å². The van der Waals surface area contributed by atoms with Crippen LogP contribution in [0, 0.1) is 0 Å². The second-order valence-corrected chi connectivity index (χ2v) is 13.6. The first-order chi connectivity index (χ1) is 19.8. The minimum absolute atomic E-state index is 0.200. The van der Waals surface area contributed by atoms with Gasteiger partial charge in [0.15, 0.2) is 7.85 Å². The van der Waals surface area contributed by atoms with Crippen molar-refractivity contribution in [2.24, 2.45) is 0 Å². The van der Waals surface area contributed by atoms with Gasteiger partial charge in [-0.1, -0.05) is 137 Å². The van der Waals surface area contributed by atoms with E-state index in [2.05, 4.69) is 101 Å². The van der Waals surface area contributed by atoms with Crippen LogP contribution in [-0.2, 0) is 16.7 Å². The predicted molar refractivity (Wildman–Crippen MR) is 179 cm³/mol. The van der Waals surface area contributed by atoms with Crippen LogP contribution in [0.25, 0.3) is 22.3 Å². The lowest BCUT2D eigenvalue weighted by Gasteiger charge is -2.39. The van der Waals surface area contributed by atoms with Gasteiger partial charge in [-0.05, 0) is 91.5 Å². The number of hydrogen-bond acceptors (Lipinski definition) is 1. The maximum atomic E-state index is 7.23. The van der Waals surface area contributed by atoms with Crippen molar-refractivity contribution in [3.8, 4) is 22.3 Å². The Bertz CT molecular complexity index is 1330. The van der Waals surface area contributed by atoms with E-state index in [1.54, 1.807) is 0 Å². The van der Waals surface area contributed by atoms with E-state index in [1.165, 1.54) is 115 Å². The maximum Gasteiger partial charge on any atom is 0.154 e. The van der Waals surface area contributed by atoms with Gasteiger partial charge in [-0.15, -0.1) is 0 Å². The summed E-state index contributed by atoms with van der Waals surface area (Å²) in [5.74, 6) is 0. The van der Waals surface area contributed by atoms with Gasteiger partial charge in [0.1, 0.15) is 0 Å². The zero-order valence-corrected chi connectivity index (χ0v) is 26.2. The zero-order valence-electron chi connectivity index (χ0n) is 26.2. The summed E-state index contributed by atoms with van der Waals surface area (Å²) in [4.78, 5) is 0. The van der Waals surface area contributed by atoms with Crippen LogP contribution in [0.2, 0.25) is 0 Å². The first kappa shape index (κ1) is 29.9. The predicted octanol–water partition coefficient (Wildman–Crippen LogP) is 10.5. The molecule has 3 aromatic carbocycles. The molecule has 3 aromatic rings. The minimum Gasteiger partial charge on any atom is -0.370 e. The van der Waals surface area contributed by atoms with Gasteiger partial charge in [-0.3, -0.25) is 0 Å². The second-order valence-electron chi connectivity index (χ2n) is 13.6. The lowest BCUT2D eigenvalue weighted by atomic mass is 9.72. The van der Waals surface area contributed by atoms with Crippen LogP contribution in [-0.4, -0.2) is 13.4 Å². The van der Waals surface area contributed by atoms with Gasteiger partial charge in [-0.2, -0.15) is 0 Å². The van der Waals surface area contributed by atoms with Crippen molar-refractivity contribution in [2.45, 2.75) is 122 Å². The standard InChI is InChI=1S/C39H51BO/c1-30-19-13-11-9-7-5-4-6-8-10-12-18-26-38(2,3)41-39(40,29-30)33-24-25-36-34-22-16-14-20-31(34)27-32-21-15-17-23-35(32)37(36)28-33/h14-17,20-25,28-29H,4-13,18-19,26-27,40H2,1-3H3/b30-29-. The van der Waals surface area contributed by atoms with Gasteiger partial charge in [0.05, 0.1) is 11.1 Å². The molecule has 0 amide bonds. The van der Waals surface area contributed by atoms with E-state index >= 15 is 0 Å². The summed E-state index contributed by atoms with van der Waals surface area (Å²) in [6.07, 6.45) is 20.6. The van der Waals surface area contributed by atoms with Crippen LogP contribution in [0.15, 0.2) is 78.4 Å². The molecule has 0 aromatic heterocycles. The third-order valence-corrected chi connectivity index (χ3v) is 9.45. The topological polar surface area (TPSA) is 9.23 Å². The highest BCUT2D eigenvalue weighted by Crippen LogP contribution is 2.43. The molecule has 1 unspecified atom stereocenters. The molecule has 41 heavy (non-hydrogen) atoms. The van der Waals surface area contributed by atoms with Crippen molar-refractivity contribution in [1.82, 2.24) is 0 Å². The summed E-state index contributed by atoms with van der Waals surface area (Å²) < 4.78 is 7.23. The fourth-order valence-electron chi connectivity index (χ4n) is 7.27. The number of fused-ring (bicyclic) bond motifs is 5. The number of ether oxygens (including phenoxy) is 1. The Morgan fingerprint density at radius 3 is 1.78 bits per heavy atom. The number of benzene rings is 3. The van der Waals surface area contributed by atoms with Crippen molar-refractivity contribution in [3.05, 3.63) is 95.1 Å². The van der Waals surface area contributed by atoms with Crippen molar-refractivity contribution < 1.29 is 4.74 Å². The Labute approximate surface area is 251 Å². The highest BCUT2D eigenvalue weighted by molar-refractivity contribution is 6.16. The molecule has 1 heterocycles. The molecular weight excluding hydrogens is 495 g/mol. The largest absolute Gasteiger partial charge is 0.370 e. The molecule has 0 fully saturated rings. The van der Waals surface area contributed by atoms with Gasteiger partial charge in [0.2, 0.25) is 0 Å². The van der Waals surface area contributed by atoms with E-state index in [4.69, 9.17) is 4.74 Å². The molecule has 1 atom stereocenters. The lowest BCUT2D eigenvalue weighted by Crippen LogP contribution is -2.39. The Morgan fingerprint density at radius 1 is 0.610 bits per heavy atom. The number of rotatable bonds is 1. The third-order valence-electron chi connectivity index (χ3n) is 9.45. The van der Waals surface area contributed by atoms with Crippen molar-refractivity contribution >= 4 is 7.85 Å². The van der Waals surface area contributed by atoms with Crippen LogP contribution in [0.1, 0.15) is 121 Å². The van der Waals surface area contributed by atoms with E-state index in [0.717, 1.165) is 19.3 Å². The number of hydrogen-bond donors (Lipinski definition) is 0. The summed E-state index contributed by atoms with van der Waals surface area (Å²) >= 11 is 0. The van der Waals surface area contributed by atoms with E-state index in [1.807, 2.05) is 0 Å². The molecule has 0 bridgehead atoms. The van der Waals surface area contributed by atoms with Crippen LogP contribution >= 0.6 is 0 Å². The zero-order chi connectivity index (χ0) is 28.7. The quantitative estimate of drug-likeness (QED) is 0.170. The molecule has 0 radical (unpaired) electrons. The van der Waals surface area contributed by atoms with E-state index in [0.29, 0.717) is 0 Å². The van der Waals surface area contributed by atoms with Gasteiger partial charge in [-0.25, -0.2) is 0 Å². The first-order valence-corrected chi connectivity index (χ1v) is 16.5. The molecule has 0 saturated heterocycles. The molecule has 2 heteroatoms. The Balaban J connectivity index is 1.53. The highest BCUT2D eigenvalue weighted by atomic mass is 16.5. The Kier molecular flexibility index (Phi) is 9.92. The van der Waals surface area contributed by atoms with Gasteiger partial charge >= 0.3 is 0 Å². The van der Waals surface area contributed by atoms with Gasteiger partial charge < -0.3 is 4.74 Å². The smallest absolute Gasteiger partial charge is 0.154 e. The van der Waals surface area contributed by atoms with E-state index < -0.39 is 5.50 Å². The summed E-state index contributed by atoms with van der Waals surface area (Å²) in [5.41, 5.74) is 10.2. The summed E-state index contributed by atoms with van der Waals surface area (Å²) in [6, 6.07) is 25.1. The van der Waals surface area contributed by atoms with E-state index in [9.17, 15) is 0 Å². The summed E-state index contributed by atoms with van der Waals surface area (Å²) in [6.45, 7) is 6.94. The van der Waals surface area contributed by atoms with Crippen molar-refractivity contribution in [2.75, 3.05) is 0 Å². The van der Waals surface area contributed by atoms with Crippen LogP contribution in [0.4, 0.5) is 0 Å². The summed E-state index contributed by atoms with van der Waals surface area (Å²) in [5, 5.41) is 0. The normalized spacial score (nSPS) is 23.8. The molecule has 1 aliphatic carbocycles. The number of allylic oxidation sites excluding steroid dienone is 1. The first-order valence-electron chi connectivity index (χ1n) is 16.5. The average Bonchev–Trinajstić information content (AvgIpc) is 3.09. The van der Waals surface area contributed by atoms with E-state index in [-0.39, 0.29) is 5.60 Å². The molecule has 1 aliphatic heterocycles. The average molecular weight is 547 g/mol. The molecule has 216 valence electrons. The van der Waals surface area contributed by atoms with Crippen LogP contribution in [0.3, 0.4) is 0 Å². The molecule has 0 saturated carbocycles. The second kappa shape index (κ2) is 13.6. The Hall–Kier alpha value is -2.58. The minimum atomic E-state index is -0.491. The van der Waals surface area contributed by atoms with Crippen molar-refractivity contribution in [3.63, 3.8) is 0 Å². The summed E-state index contributed by atoms with van der Waals surface area (Å²) in [7, 11) is 2.31. The Morgan fingerprint density at radius 2 is 1.15 bits per heavy atom. The lowest BCUT2D eigenvalue weighted by molar-refractivity contribution is -0.0826. The molecule has 0 spiro atoms. The van der Waals surface area contributed by atoms with Gasteiger partial charge in [0.25, 0.3) is 0 Å². The molecule has 0 N–H and O–H groups in total. The SMILES string of the molecule is BC1(c2ccc3c(c2)-c2ccccc2Cc2ccccc2-3)/C=C(/C)CCCCCCCCCCCCCC(C)(C)O1. The highest BCUT2D eigenvalue weighted by Gasteiger charge is 2.34. The van der Waals surface area contributed by atoms with Crippen LogP contribution < -0.4 is 0 Å². The monoisotopic (exact) mass is 546 g/mol. The maximum absolute atomic E-state index is 7.23. The third kappa shape index (κ3) is 7.64. The fourth-order valence-corrected chi connectivity index (χ4v) is 7.27. The molecular formula is C39H51BO. The van der Waals surface area contributed by atoms with Gasteiger partial charge in [0, 0.05) is 0 Å². The van der Waals surface area contributed by atoms with Crippen molar-refractivity contribution in [1.29, 1.82) is 0 Å². The molecule has 5 rings (SSSR count). The molecule has 1 nitrogen and oxygen atoms in total. The fraction of sp³-hybridized carbons (Fsp3) is 0.487.